The van der Waals surface area contributed by atoms with Crippen molar-refractivity contribution in [2.75, 3.05) is 6.54 Å². The molecule has 0 heterocycles. The highest BCUT2D eigenvalue weighted by Gasteiger charge is 2.22. The summed E-state index contributed by atoms with van der Waals surface area (Å²) in [6, 6.07) is 22.2. The van der Waals surface area contributed by atoms with Crippen LogP contribution in [0.4, 0.5) is 0 Å². The number of nitrogens with one attached hydrogen (secondary N) is 1. The van der Waals surface area contributed by atoms with Crippen molar-refractivity contribution in [1.29, 1.82) is 0 Å². The molecule has 2 heteroatoms. The monoisotopic (exact) mass is 311 g/mol. The lowest BCUT2D eigenvalue weighted by Gasteiger charge is -2.34. The summed E-state index contributed by atoms with van der Waals surface area (Å²) in [7, 11) is 0. The van der Waals surface area contributed by atoms with E-state index >= 15 is 0 Å². The van der Waals surface area contributed by atoms with Crippen LogP contribution in [0.1, 0.15) is 44.7 Å². The second-order valence-corrected chi connectivity index (χ2v) is 6.54. The number of hydrogen-bond donors (Lipinski definition) is 1. The summed E-state index contributed by atoms with van der Waals surface area (Å²) in [6.45, 7) is 10.1. The minimum Gasteiger partial charge on any atom is -0.250 e. The van der Waals surface area contributed by atoms with Crippen molar-refractivity contribution in [3.05, 3.63) is 71.8 Å². The lowest BCUT2D eigenvalue weighted by molar-refractivity contribution is -1.03. The van der Waals surface area contributed by atoms with Gasteiger partial charge in [0.25, 0.3) is 0 Å². The Labute approximate surface area is 141 Å². The normalized spacial score (nSPS) is 12.7. The largest absolute Gasteiger partial charge is 0.250 e. The molecule has 0 spiro atoms. The van der Waals surface area contributed by atoms with Gasteiger partial charge in [0.2, 0.25) is 0 Å². The van der Waals surface area contributed by atoms with Crippen molar-refractivity contribution in [1.82, 2.24) is 5.01 Å². The van der Waals surface area contributed by atoms with Crippen molar-refractivity contribution < 1.29 is 5.01 Å². The second kappa shape index (κ2) is 9.49. The van der Waals surface area contributed by atoms with Crippen LogP contribution in [0.25, 0.3) is 0 Å². The summed E-state index contributed by atoms with van der Waals surface area (Å²) in [4.78, 5) is 0. The fourth-order valence-electron chi connectivity index (χ4n) is 2.99. The molecule has 0 aromatic heterocycles. The lowest BCUT2D eigenvalue weighted by atomic mass is 10.2. The molecule has 1 N–H and O–H groups in total. The van der Waals surface area contributed by atoms with Gasteiger partial charge in [-0.25, -0.2) is 0 Å². The molecule has 0 amide bonds. The Hall–Kier alpha value is -1.64. The molecule has 0 saturated heterocycles. The zero-order valence-corrected chi connectivity index (χ0v) is 14.8. The molecule has 124 valence electrons. The topological polar surface area (TPSA) is 7.68 Å². The standard InChI is InChI=1S/C21H30N2/c1-4-5-16-22(17-20-12-8-6-9-13-20)23(19(2)3)18-21-14-10-7-11-15-21/h6-15,19H,4-5,16-18H2,1-3H3/p+1. The zero-order chi connectivity index (χ0) is 16.5. The summed E-state index contributed by atoms with van der Waals surface area (Å²) in [5.74, 6) is 0. The summed E-state index contributed by atoms with van der Waals surface area (Å²) in [5, 5.41) is 4.16. The first-order valence-corrected chi connectivity index (χ1v) is 8.90. The first-order chi connectivity index (χ1) is 11.2. The number of hydrogen-bond acceptors (Lipinski definition) is 1. The van der Waals surface area contributed by atoms with Crippen molar-refractivity contribution in [2.24, 2.45) is 0 Å². The van der Waals surface area contributed by atoms with Gasteiger partial charge in [0, 0.05) is 5.56 Å². The minimum atomic E-state index is 0.519. The summed E-state index contributed by atoms with van der Waals surface area (Å²) in [6.07, 6.45) is 2.51. The van der Waals surface area contributed by atoms with Crippen molar-refractivity contribution >= 4 is 0 Å². The van der Waals surface area contributed by atoms with E-state index in [1.165, 1.54) is 30.5 Å². The maximum atomic E-state index is 2.60. The average Bonchev–Trinajstić information content (AvgIpc) is 2.58. The highest BCUT2D eigenvalue weighted by atomic mass is 15.6. The third kappa shape index (κ3) is 5.81. The molecular weight excluding hydrogens is 280 g/mol. The van der Waals surface area contributed by atoms with Gasteiger partial charge in [-0.2, -0.15) is 0 Å². The Morgan fingerprint density at radius 1 is 0.870 bits per heavy atom. The first-order valence-electron chi connectivity index (χ1n) is 8.90. The molecule has 2 aromatic rings. The quantitative estimate of drug-likeness (QED) is 0.694. The van der Waals surface area contributed by atoms with Crippen LogP contribution in [0.15, 0.2) is 60.7 Å². The highest BCUT2D eigenvalue weighted by molar-refractivity contribution is 5.14. The van der Waals surface area contributed by atoms with E-state index in [0.29, 0.717) is 6.04 Å². The SMILES string of the molecule is CCCC[NH+](Cc1ccccc1)N(Cc1ccccc1)C(C)C. The molecule has 0 fully saturated rings. The van der Waals surface area contributed by atoms with E-state index in [0.717, 1.165) is 13.1 Å². The molecule has 0 saturated carbocycles. The number of nitrogens with zero attached hydrogens (tertiary/aromatic N) is 1. The van der Waals surface area contributed by atoms with Crippen LogP contribution in [-0.2, 0) is 13.1 Å². The minimum absolute atomic E-state index is 0.519. The maximum Gasteiger partial charge on any atom is 0.120 e. The van der Waals surface area contributed by atoms with Crippen LogP contribution < -0.4 is 5.01 Å². The summed E-state index contributed by atoms with van der Waals surface area (Å²) in [5.41, 5.74) is 2.81. The van der Waals surface area contributed by atoms with Gasteiger partial charge in [0.05, 0.1) is 19.1 Å². The smallest absolute Gasteiger partial charge is 0.120 e. The van der Waals surface area contributed by atoms with E-state index in [4.69, 9.17) is 0 Å². The molecule has 0 aliphatic heterocycles. The summed E-state index contributed by atoms with van der Waals surface area (Å²) >= 11 is 0. The molecule has 1 atom stereocenters. The fourth-order valence-corrected chi connectivity index (χ4v) is 2.99. The van der Waals surface area contributed by atoms with Crippen molar-refractivity contribution in [3.8, 4) is 0 Å². The number of rotatable bonds is 9. The van der Waals surface area contributed by atoms with Gasteiger partial charge in [-0.15, -0.1) is 5.01 Å². The Kier molecular flexibility index (Phi) is 7.31. The molecule has 0 aliphatic rings. The van der Waals surface area contributed by atoms with Crippen molar-refractivity contribution in [2.45, 2.75) is 52.7 Å². The molecule has 0 radical (unpaired) electrons. The van der Waals surface area contributed by atoms with Crippen LogP contribution >= 0.6 is 0 Å². The Morgan fingerprint density at radius 3 is 1.96 bits per heavy atom. The lowest BCUT2D eigenvalue weighted by Crippen LogP contribution is -3.17. The predicted molar refractivity (Wildman–Crippen MR) is 98.0 cm³/mol. The van der Waals surface area contributed by atoms with Gasteiger partial charge in [-0.3, -0.25) is 5.01 Å². The Balaban J connectivity index is 2.14. The number of quaternary nitrogens is 1. The second-order valence-electron chi connectivity index (χ2n) is 6.54. The van der Waals surface area contributed by atoms with Gasteiger partial charge < -0.3 is 0 Å². The molecule has 0 bridgehead atoms. The van der Waals surface area contributed by atoms with Gasteiger partial charge >= 0.3 is 0 Å². The van der Waals surface area contributed by atoms with Gasteiger partial charge in [-0.1, -0.05) is 74.0 Å². The van der Waals surface area contributed by atoms with Crippen LogP contribution in [0.3, 0.4) is 0 Å². The third-order valence-corrected chi connectivity index (χ3v) is 4.30. The van der Waals surface area contributed by atoms with E-state index in [2.05, 4.69) is 86.4 Å². The number of unbranched alkanes of at least 4 members (excludes halogenated alkanes) is 1. The first kappa shape index (κ1) is 17.7. The molecule has 23 heavy (non-hydrogen) atoms. The number of benzene rings is 2. The van der Waals surface area contributed by atoms with Crippen LogP contribution in [0.5, 0.6) is 0 Å². The molecule has 0 aliphatic carbocycles. The molecule has 2 aromatic carbocycles. The third-order valence-electron chi connectivity index (χ3n) is 4.30. The Morgan fingerprint density at radius 2 is 1.43 bits per heavy atom. The van der Waals surface area contributed by atoms with Gasteiger partial charge in [-0.05, 0) is 25.8 Å². The van der Waals surface area contributed by atoms with Gasteiger partial charge in [0.15, 0.2) is 0 Å². The fraction of sp³-hybridized carbons (Fsp3) is 0.429. The van der Waals surface area contributed by atoms with E-state index in [1.54, 1.807) is 5.01 Å². The van der Waals surface area contributed by atoms with Crippen molar-refractivity contribution in [3.63, 3.8) is 0 Å². The van der Waals surface area contributed by atoms with E-state index in [9.17, 15) is 0 Å². The molecule has 2 nitrogen and oxygen atoms in total. The highest BCUT2D eigenvalue weighted by Crippen LogP contribution is 2.05. The van der Waals surface area contributed by atoms with E-state index in [-0.39, 0.29) is 0 Å². The maximum absolute atomic E-state index is 2.60. The van der Waals surface area contributed by atoms with Crippen LogP contribution in [0.2, 0.25) is 0 Å². The molecular formula is C21H31N2+. The van der Waals surface area contributed by atoms with E-state index in [1.807, 2.05) is 0 Å². The average molecular weight is 311 g/mol. The summed E-state index contributed by atoms with van der Waals surface area (Å²) < 4.78 is 0. The molecule has 1 unspecified atom stereocenters. The predicted octanol–water partition coefficient (Wildman–Crippen LogP) is 3.70. The van der Waals surface area contributed by atoms with Crippen LogP contribution in [-0.4, -0.2) is 17.6 Å². The molecule has 2 rings (SSSR count). The van der Waals surface area contributed by atoms with Crippen LogP contribution in [0, 0.1) is 0 Å². The Bertz CT molecular complexity index is 536. The zero-order valence-electron chi connectivity index (χ0n) is 14.8. The van der Waals surface area contributed by atoms with Gasteiger partial charge in [0.1, 0.15) is 6.54 Å². The van der Waals surface area contributed by atoms with E-state index < -0.39 is 0 Å².